The summed E-state index contributed by atoms with van der Waals surface area (Å²) in [5.74, 6) is -2.02. The van der Waals surface area contributed by atoms with E-state index in [-0.39, 0.29) is 32.1 Å². The molecule has 2 unspecified atom stereocenters. The van der Waals surface area contributed by atoms with Crippen molar-refractivity contribution in [2.24, 2.45) is 5.92 Å². The van der Waals surface area contributed by atoms with Crippen molar-refractivity contribution >= 4 is 23.5 Å². The van der Waals surface area contributed by atoms with Crippen LogP contribution in [0.1, 0.15) is 12.0 Å². The standard InChI is InChI=1S/C19H24N2O6/c1-4-7-27-11-14(19(24)25)20-18(23)13-9-17(22)21(10-13)15-8-12(2)5-6-16(15)26-3/h4-6,8,13-14H,1,7,9-11H2,2-3H3,(H,20,23)(H,24,25). The molecular formula is C19H24N2O6. The number of benzene rings is 1. The summed E-state index contributed by atoms with van der Waals surface area (Å²) in [6, 6.07) is 4.27. The smallest absolute Gasteiger partial charge is 0.328 e. The maximum atomic E-state index is 12.5. The Morgan fingerprint density at radius 1 is 1.48 bits per heavy atom. The number of anilines is 1. The highest BCUT2D eigenvalue weighted by molar-refractivity contribution is 6.01. The van der Waals surface area contributed by atoms with Gasteiger partial charge in [-0.2, -0.15) is 0 Å². The summed E-state index contributed by atoms with van der Waals surface area (Å²) in [4.78, 5) is 37.7. The summed E-state index contributed by atoms with van der Waals surface area (Å²) in [5.41, 5.74) is 1.55. The van der Waals surface area contributed by atoms with Gasteiger partial charge in [-0.05, 0) is 24.6 Å². The molecule has 8 nitrogen and oxygen atoms in total. The Kier molecular flexibility index (Phi) is 6.95. The number of hydrogen-bond acceptors (Lipinski definition) is 5. The first-order valence-corrected chi connectivity index (χ1v) is 8.54. The Labute approximate surface area is 157 Å². The number of methoxy groups -OCH3 is 1. The lowest BCUT2D eigenvalue weighted by Gasteiger charge is -2.21. The van der Waals surface area contributed by atoms with Gasteiger partial charge in [0, 0.05) is 13.0 Å². The van der Waals surface area contributed by atoms with Gasteiger partial charge in [0.15, 0.2) is 6.04 Å². The average molecular weight is 376 g/mol. The first-order valence-electron chi connectivity index (χ1n) is 8.54. The molecule has 146 valence electrons. The molecule has 27 heavy (non-hydrogen) atoms. The predicted molar refractivity (Wildman–Crippen MR) is 98.8 cm³/mol. The fraction of sp³-hybridized carbons (Fsp3) is 0.421. The number of ether oxygens (including phenoxy) is 2. The van der Waals surface area contributed by atoms with E-state index in [0.717, 1.165) is 5.56 Å². The van der Waals surface area contributed by atoms with E-state index in [1.165, 1.54) is 18.1 Å². The molecule has 0 aliphatic carbocycles. The molecule has 2 N–H and O–H groups in total. The van der Waals surface area contributed by atoms with Crippen LogP contribution in [0.2, 0.25) is 0 Å². The second-order valence-electron chi connectivity index (χ2n) is 6.31. The second kappa shape index (κ2) is 9.18. The average Bonchev–Trinajstić information content (AvgIpc) is 3.02. The normalized spacial score (nSPS) is 17.5. The molecule has 1 aromatic rings. The molecule has 0 bridgehead atoms. The van der Waals surface area contributed by atoms with Crippen molar-refractivity contribution in [3.05, 3.63) is 36.4 Å². The fourth-order valence-electron chi connectivity index (χ4n) is 2.86. The van der Waals surface area contributed by atoms with E-state index < -0.39 is 23.8 Å². The Hall–Kier alpha value is -2.87. The maximum Gasteiger partial charge on any atom is 0.328 e. The molecule has 1 heterocycles. The zero-order valence-electron chi connectivity index (χ0n) is 15.4. The Balaban J connectivity index is 2.07. The third-order valence-corrected chi connectivity index (χ3v) is 4.26. The molecule has 2 rings (SSSR count). The number of aryl methyl sites for hydroxylation is 1. The first kappa shape index (κ1) is 20.4. The van der Waals surface area contributed by atoms with Crippen LogP contribution in [0.5, 0.6) is 5.75 Å². The molecule has 0 aromatic heterocycles. The number of aliphatic carboxylic acids is 1. The van der Waals surface area contributed by atoms with Gasteiger partial charge in [0.2, 0.25) is 11.8 Å². The largest absolute Gasteiger partial charge is 0.495 e. The molecule has 1 aromatic carbocycles. The topological polar surface area (TPSA) is 105 Å². The van der Waals surface area contributed by atoms with Gasteiger partial charge in [-0.3, -0.25) is 9.59 Å². The summed E-state index contributed by atoms with van der Waals surface area (Å²) in [7, 11) is 1.51. The van der Waals surface area contributed by atoms with Crippen molar-refractivity contribution in [1.82, 2.24) is 5.32 Å². The first-order chi connectivity index (χ1) is 12.9. The number of nitrogens with zero attached hydrogens (tertiary/aromatic N) is 1. The second-order valence-corrected chi connectivity index (χ2v) is 6.31. The lowest BCUT2D eigenvalue weighted by molar-refractivity contribution is -0.144. The molecule has 1 aliphatic rings. The summed E-state index contributed by atoms with van der Waals surface area (Å²) in [6.07, 6.45) is 1.49. The van der Waals surface area contributed by atoms with Gasteiger partial charge in [-0.25, -0.2) is 4.79 Å². The highest BCUT2D eigenvalue weighted by atomic mass is 16.5. The Morgan fingerprint density at radius 3 is 2.85 bits per heavy atom. The minimum absolute atomic E-state index is 0.00276. The number of hydrogen-bond donors (Lipinski definition) is 2. The van der Waals surface area contributed by atoms with Crippen LogP contribution in [0.25, 0.3) is 0 Å². The van der Waals surface area contributed by atoms with Crippen molar-refractivity contribution in [1.29, 1.82) is 0 Å². The molecule has 0 spiro atoms. The zero-order valence-corrected chi connectivity index (χ0v) is 15.4. The lowest BCUT2D eigenvalue weighted by atomic mass is 10.1. The molecule has 1 aliphatic heterocycles. The van der Waals surface area contributed by atoms with E-state index in [9.17, 15) is 19.5 Å². The minimum atomic E-state index is -1.20. The quantitative estimate of drug-likeness (QED) is 0.494. The summed E-state index contributed by atoms with van der Waals surface area (Å²) >= 11 is 0. The van der Waals surface area contributed by atoms with Crippen molar-refractivity contribution < 1.29 is 29.0 Å². The van der Waals surface area contributed by atoms with E-state index in [1.54, 1.807) is 6.07 Å². The van der Waals surface area contributed by atoms with Crippen LogP contribution in [0.3, 0.4) is 0 Å². The number of carboxylic acids is 1. The number of rotatable bonds is 9. The van der Waals surface area contributed by atoms with Gasteiger partial charge in [0.05, 0.1) is 31.9 Å². The zero-order chi connectivity index (χ0) is 20.0. The number of amides is 2. The third kappa shape index (κ3) is 5.07. The highest BCUT2D eigenvalue weighted by Gasteiger charge is 2.37. The van der Waals surface area contributed by atoms with Gasteiger partial charge in [0.1, 0.15) is 5.75 Å². The van der Waals surface area contributed by atoms with Crippen LogP contribution in [-0.2, 0) is 19.1 Å². The third-order valence-electron chi connectivity index (χ3n) is 4.26. The predicted octanol–water partition coefficient (Wildman–Crippen LogP) is 1.13. The molecular weight excluding hydrogens is 352 g/mol. The number of carboxylic acid groups (broad SMARTS) is 1. The molecule has 0 saturated carbocycles. The van der Waals surface area contributed by atoms with Gasteiger partial charge >= 0.3 is 5.97 Å². The summed E-state index contributed by atoms with van der Waals surface area (Å²) in [6.45, 7) is 5.54. The number of carbonyl (C=O) groups excluding carboxylic acids is 2. The van der Waals surface area contributed by atoms with Gasteiger partial charge < -0.3 is 24.8 Å². The fourth-order valence-corrected chi connectivity index (χ4v) is 2.86. The summed E-state index contributed by atoms with van der Waals surface area (Å²) in [5, 5.41) is 11.7. The van der Waals surface area contributed by atoms with Crippen LogP contribution in [0.4, 0.5) is 5.69 Å². The van der Waals surface area contributed by atoms with Crippen LogP contribution >= 0.6 is 0 Å². The van der Waals surface area contributed by atoms with Gasteiger partial charge in [0.25, 0.3) is 0 Å². The molecule has 2 atom stereocenters. The van der Waals surface area contributed by atoms with E-state index in [0.29, 0.717) is 11.4 Å². The minimum Gasteiger partial charge on any atom is -0.495 e. The lowest BCUT2D eigenvalue weighted by Crippen LogP contribution is -2.46. The van der Waals surface area contributed by atoms with Crippen molar-refractivity contribution in [2.75, 3.05) is 31.8 Å². The molecule has 2 amide bonds. The maximum absolute atomic E-state index is 12.5. The van der Waals surface area contributed by atoms with E-state index in [4.69, 9.17) is 9.47 Å². The molecule has 0 radical (unpaired) electrons. The molecule has 1 fully saturated rings. The molecule has 1 saturated heterocycles. The van der Waals surface area contributed by atoms with Gasteiger partial charge in [-0.1, -0.05) is 12.1 Å². The van der Waals surface area contributed by atoms with Crippen molar-refractivity contribution in [2.45, 2.75) is 19.4 Å². The Morgan fingerprint density at radius 2 is 2.22 bits per heavy atom. The van der Waals surface area contributed by atoms with Crippen LogP contribution in [0.15, 0.2) is 30.9 Å². The number of nitrogens with one attached hydrogen (secondary N) is 1. The van der Waals surface area contributed by atoms with Crippen molar-refractivity contribution in [3.8, 4) is 5.75 Å². The van der Waals surface area contributed by atoms with Crippen LogP contribution in [0, 0.1) is 12.8 Å². The van der Waals surface area contributed by atoms with E-state index in [2.05, 4.69) is 11.9 Å². The van der Waals surface area contributed by atoms with Crippen molar-refractivity contribution in [3.63, 3.8) is 0 Å². The van der Waals surface area contributed by atoms with Crippen LogP contribution in [-0.4, -0.2) is 55.8 Å². The highest BCUT2D eigenvalue weighted by Crippen LogP contribution is 2.33. The van der Waals surface area contributed by atoms with Gasteiger partial charge in [-0.15, -0.1) is 6.58 Å². The SMILES string of the molecule is C=CCOCC(NC(=O)C1CC(=O)N(c2cc(C)ccc2OC)C1)C(=O)O. The number of carbonyl (C=O) groups is 3. The monoisotopic (exact) mass is 376 g/mol. The molecule has 8 heteroatoms. The summed E-state index contributed by atoms with van der Waals surface area (Å²) < 4.78 is 10.4. The van der Waals surface area contributed by atoms with Crippen LogP contribution < -0.4 is 15.0 Å². The van der Waals surface area contributed by atoms with E-state index >= 15 is 0 Å². The van der Waals surface area contributed by atoms with E-state index in [1.807, 2.05) is 19.1 Å². The Bertz CT molecular complexity index is 733.